The molecule has 1 aliphatic heterocycles. The standard InChI is InChI=1S/C22H23N3O5S/c26-21(19-16-17-6-4-5-9-20(17)30-22(19)27)23-10-15-31(28,29)25-13-11-24(12-14-25)18-7-2-1-3-8-18/h1-9,16H,10-15H2,(H,23,26). The van der Waals surface area contributed by atoms with E-state index in [9.17, 15) is 18.0 Å². The van der Waals surface area contributed by atoms with E-state index >= 15 is 0 Å². The van der Waals surface area contributed by atoms with Gasteiger partial charge in [-0.1, -0.05) is 36.4 Å². The van der Waals surface area contributed by atoms with Crippen molar-refractivity contribution in [2.45, 2.75) is 0 Å². The Morgan fingerprint density at radius 1 is 0.968 bits per heavy atom. The number of carbonyl (C=O) groups is 1. The zero-order chi connectivity index (χ0) is 21.8. The average molecular weight is 442 g/mol. The molecule has 1 amide bonds. The number of rotatable bonds is 6. The van der Waals surface area contributed by atoms with Gasteiger partial charge in [0, 0.05) is 43.8 Å². The molecule has 0 spiro atoms. The highest BCUT2D eigenvalue weighted by Crippen LogP contribution is 2.17. The normalized spacial score (nSPS) is 15.2. The monoisotopic (exact) mass is 441 g/mol. The summed E-state index contributed by atoms with van der Waals surface area (Å²) in [6.45, 7) is 1.90. The Morgan fingerprint density at radius 2 is 1.65 bits per heavy atom. The quantitative estimate of drug-likeness (QED) is 0.584. The topological polar surface area (TPSA) is 99.9 Å². The number of nitrogens with one attached hydrogen (secondary N) is 1. The van der Waals surface area contributed by atoms with E-state index in [2.05, 4.69) is 10.2 Å². The largest absolute Gasteiger partial charge is 0.422 e. The summed E-state index contributed by atoms with van der Waals surface area (Å²) in [6, 6.07) is 18.2. The van der Waals surface area contributed by atoms with Gasteiger partial charge in [0.05, 0.1) is 5.75 Å². The van der Waals surface area contributed by atoms with E-state index in [4.69, 9.17) is 4.42 Å². The highest BCUT2D eigenvalue weighted by Gasteiger charge is 2.27. The molecule has 31 heavy (non-hydrogen) atoms. The van der Waals surface area contributed by atoms with Gasteiger partial charge in [-0.25, -0.2) is 13.2 Å². The Hall–Kier alpha value is -3.17. The van der Waals surface area contributed by atoms with Crippen LogP contribution in [0.5, 0.6) is 0 Å². The number of carbonyl (C=O) groups excluding carboxylic acids is 1. The average Bonchev–Trinajstić information content (AvgIpc) is 2.79. The minimum absolute atomic E-state index is 0.0909. The van der Waals surface area contributed by atoms with E-state index in [0.29, 0.717) is 37.1 Å². The highest BCUT2D eigenvalue weighted by atomic mass is 32.2. The van der Waals surface area contributed by atoms with Crippen LogP contribution in [0.15, 0.2) is 69.9 Å². The van der Waals surface area contributed by atoms with Crippen molar-refractivity contribution in [3.63, 3.8) is 0 Å². The van der Waals surface area contributed by atoms with Crippen LogP contribution in [0.3, 0.4) is 0 Å². The number of hydrogen-bond acceptors (Lipinski definition) is 6. The lowest BCUT2D eigenvalue weighted by molar-refractivity contribution is 0.0952. The summed E-state index contributed by atoms with van der Waals surface area (Å²) in [5, 5.41) is 3.14. The third kappa shape index (κ3) is 4.78. The van der Waals surface area contributed by atoms with Gasteiger partial charge in [0.2, 0.25) is 10.0 Å². The molecule has 1 aliphatic rings. The van der Waals surface area contributed by atoms with Gasteiger partial charge in [0.25, 0.3) is 5.91 Å². The third-order valence-electron chi connectivity index (χ3n) is 5.28. The number of nitrogens with zero attached hydrogens (tertiary/aromatic N) is 2. The fourth-order valence-corrected chi connectivity index (χ4v) is 4.94. The van der Waals surface area contributed by atoms with Gasteiger partial charge in [-0.15, -0.1) is 0 Å². The van der Waals surface area contributed by atoms with E-state index in [1.807, 2.05) is 30.3 Å². The zero-order valence-electron chi connectivity index (χ0n) is 16.9. The second-order valence-corrected chi connectivity index (χ2v) is 9.37. The first-order valence-electron chi connectivity index (χ1n) is 10.0. The molecule has 0 aliphatic carbocycles. The molecule has 0 atom stereocenters. The molecule has 162 valence electrons. The van der Waals surface area contributed by atoms with Crippen molar-refractivity contribution in [2.75, 3.05) is 43.4 Å². The minimum Gasteiger partial charge on any atom is -0.422 e. The maximum absolute atomic E-state index is 12.7. The lowest BCUT2D eigenvalue weighted by Gasteiger charge is -2.35. The fourth-order valence-electron chi connectivity index (χ4n) is 3.60. The summed E-state index contributed by atoms with van der Waals surface area (Å²) < 4.78 is 31.9. The maximum atomic E-state index is 12.7. The van der Waals surface area contributed by atoms with Crippen LogP contribution in [-0.2, 0) is 10.0 Å². The lowest BCUT2D eigenvalue weighted by Crippen LogP contribution is -2.50. The molecule has 1 saturated heterocycles. The molecular weight excluding hydrogens is 418 g/mol. The summed E-state index contributed by atoms with van der Waals surface area (Å²) >= 11 is 0. The summed E-state index contributed by atoms with van der Waals surface area (Å²) in [5.74, 6) is -0.883. The Labute approximate surface area is 180 Å². The van der Waals surface area contributed by atoms with E-state index in [1.165, 1.54) is 10.4 Å². The Morgan fingerprint density at radius 3 is 2.39 bits per heavy atom. The van der Waals surface area contributed by atoms with Crippen molar-refractivity contribution in [2.24, 2.45) is 0 Å². The second-order valence-electron chi connectivity index (χ2n) is 7.28. The molecule has 1 aromatic heterocycles. The molecule has 8 nitrogen and oxygen atoms in total. The predicted molar refractivity (Wildman–Crippen MR) is 119 cm³/mol. The first kappa shape index (κ1) is 21.1. The molecule has 3 aromatic rings. The van der Waals surface area contributed by atoms with Crippen molar-refractivity contribution in [1.82, 2.24) is 9.62 Å². The summed E-state index contributed by atoms with van der Waals surface area (Å²) in [7, 11) is -3.52. The van der Waals surface area contributed by atoms with E-state index in [1.54, 1.807) is 24.3 Å². The van der Waals surface area contributed by atoms with Gasteiger partial charge in [0.1, 0.15) is 11.1 Å². The molecule has 0 saturated carbocycles. The van der Waals surface area contributed by atoms with Gasteiger partial charge in [-0.3, -0.25) is 4.79 Å². The van der Waals surface area contributed by atoms with Crippen LogP contribution < -0.4 is 15.8 Å². The molecule has 0 radical (unpaired) electrons. The Bertz CT molecular complexity index is 1230. The number of benzene rings is 2. The smallest absolute Gasteiger partial charge is 0.349 e. The molecule has 1 fully saturated rings. The van der Waals surface area contributed by atoms with Gasteiger partial charge >= 0.3 is 5.63 Å². The van der Waals surface area contributed by atoms with Crippen LogP contribution in [0.25, 0.3) is 11.0 Å². The van der Waals surface area contributed by atoms with Crippen LogP contribution in [0, 0.1) is 0 Å². The maximum Gasteiger partial charge on any atom is 0.349 e. The van der Waals surface area contributed by atoms with Gasteiger partial charge in [-0.2, -0.15) is 4.31 Å². The van der Waals surface area contributed by atoms with Gasteiger partial charge < -0.3 is 14.6 Å². The molecule has 2 heterocycles. The van der Waals surface area contributed by atoms with Crippen LogP contribution in [-0.4, -0.2) is 57.1 Å². The van der Waals surface area contributed by atoms with Crippen LogP contribution >= 0.6 is 0 Å². The Kier molecular flexibility index (Phi) is 6.06. The molecule has 4 rings (SSSR count). The minimum atomic E-state index is -3.52. The van der Waals surface area contributed by atoms with Crippen molar-refractivity contribution < 1.29 is 17.6 Å². The van der Waals surface area contributed by atoms with Crippen LogP contribution in [0.1, 0.15) is 10.4 Å². The molecule has 0 unspecified atom stereocenters. The summed E-state index contributed by atoms with van der Waals surface area (Å²) in [4.78, 5) is 26.6. The molecule has 0 bridgehead atoms. The lowest BCUT2D eigenvalue weighted by atomic mass is 10.2. The third-order valence-corrected chi connectivity index (χ3v) is 7.16. The number of hydrogen-bond donors (Lipinski definition) is 1. The van der Waals surface area contributed by atoms with Crippen LogP contribution in [0.2, 0.25) is 0 Å². The number of fused-ring (bicyclic) bond motifs is 1. The highest BCUT2D eigenvalue weighted by molar-refractivity contribution is 7.89. The molecular formula is C22H23N3O5S. The number of anilines is 1. The van der Waals surface area contributed by atoms with Crippen LogP contribution in [0.4, 0.5) is 5.69 Å². The van der Waals surface area contributed by atoms with E-state index in [-0.39, 0.29) is 17.9 Å². The van der Waals surface area contributed by atoms with Gasteiger partial charge in [0.15, 0.2) is 0 Å². The van der Waals surface area contributed by atoms with Gasteiger partial charge in [-0.05, 0) is 24.3 Å². The second kappa shape index (κ2) is 8.91. The fraction of sp³-hybridized carbons (Fsp3) is 0.273. The summed E-state index contributed by atoms with van der Waals surface area (Å²) in [5.41, 5.74) is 0.561. The van der Waals surface area contributed by atoms with E-state index in [0.717, 1.165) is 5.69 Å². The SMILES string of the molecule is O=C(NCCS(=O)(=O)N1CCN(c2ccccc2)CC1)c1cc2ccccc2oc1=O. The van der Waals surface area contributed by atoms with Crippen molar-refractivity contribution >= 4 is 32.6 Å². The summed E-state index contributed by atoms with van der Waals surface area (Å²) in [6.07, 6.45) is 0. The van der Waals surface area contributed by atoms with Crippen molar-refractivity contribution in [1.29, 1.82) is 0 Å². The first-order chi connectivity index (χ1) is 14.9. The number of amides is 1. The van der Waals surface area contributed by atoms with Crippen molar-refractivity contribution in [3.05, 3.63) is 76.6 Å². The molecule has 2 aromatic carbocycles. The molecule has 9 heteroatoms. The number of para-hydroxylation sites is 2. The van der Waals surface area contributed by atoms with Crippen molar-refractivity contribution in [3.8, 4) is 0 Å². The van der Waals surface area contributed by atoms with E-state index < -0.39 is 21.6 Å². The zero-order valence-corrected chi connectivity index (χ0v) is 17.7. The predicted octanol–water partition coefficient (Wildman–Crippen LogP) is 1.67. The number of piperazine rings is 1. The Balaban J connectivity index is 1.32. The molecule has 1 N–H and O–H groups in total. The first-order valence-corrected chi connectivity index (χ1v) is 11.6. The number of sulfonamides is 1.